The molecule has 2 amide bonds. The van der Waals surface area contributed by atoms with Crippen LogP contribution in [0.5, 0.6) is 0 Å². The van der Waals surface area contributed by atoms with Gasteiger partial charge in [-0.05, 0) is 24.5 Å². The normalized spacial score (nSPS) is 16.1. The van der Waals surface area contributed by atoms with Crippen molar-refractivity contribution in [2.24, 2.45) is 0 Å². The van der Waals surface area contributed by atoms with Gasteiger partial charge in [0.1, 0.15) is 0 Å². The summed E-state index contributed by atoms with van der Waals surface area (Å²) in [5, 5.41) is 11.6. The smallest absolute Gasteiger partial charge is 0.219 e. The van der Waals surface area contributed by atoms with E-state index in [1.807, 2.05) is 24.6 Å². The number of hydrogen-bond acceptors (Lipinski definition) is 5. The van der Waals surface area contributed by atoms with Crippen molar-refractivity contribution in [2.45, 2.75) is 32.9 Å². The molecule has 0 aliphatic carbocycles. The second-order valence-electron chi connectivity index (χ2n) is 5.87. The summed E-state index contributed by atoms with van der Waals surface area (Å²) >= 11 is 1.64. The topological polar surface area (TPSA) is 82.5 Å². The molecule has 1 atom stereocenters. The Bertz CT molecular complexity index is 700. The molecule has 1 unspecified atom stereocenters. The molecule has 0 spiro atoms. The summed E-state index contributed by atoms with van der Waals surface area (Å²) in [6.45, 7) is 5.35. The number of benzene rings is 1. The van der Waals surface area contributed by atoms with Crippen molar-refractivity contribution in [2.75, 3.05) is 13.1 Å². The second-order valence-corrected chi connectivity index (χ2v) is 6.72. The average molecular weight is 361 g/mol. The Morgan fingerprint density at radius 3 is 2.60 bits per heavy atom. The molecule has 1 fully saturated rings. The van der Waals surface area contributed by atoms with Gasteiger partial charge in [0.15, 0.2) is 0 Å². The Morgan fingerprint density at radius 1 is 1.44 bits per heavy atom. The molecule has 1 aliphatic heterocycles. The molecule has 7 heteroatoms. The molecule has 1 aromatic carbocycles. The summed E-state index contributed by atoms with van der Waals surface area (Å²) in [4.78, 5) is 27.9. The SMILES string of the molecule is CC(=O)N1CCC(O)C1.Cc1ncsc1-c1ccc(CNC=O)cc1. The maximum Gasteiger partial charge on any atom is 0.219 e. The number of aromatic nitrogens is 1. The first kappa shape index (κ1) is 19.1. The first-order chi connectivity index (χ1) is 12.0. The molecule has 0 saturated carbocycles. The fourth-order valence-electron chi connectivity index (χ4n) is 2.54. The van der Waals surface area contributed by atoms with E-state index in [4.69, 9.17) is 5.11 Å². The number of amides is 2. The summed E-state index contributed by atoms with van der Waals surface area (Å²) in [5.74, 6) is 0.0616. The average Bonchev–Trinajstić information content (AvgIpc) is 3.22. The molecule has 1 saturated heterocycles. The largest absolute Gasteiger partial charge is 0.391 e. The Labute approximate surface area is 151 Å². The molecule has 2 heterocycles. The van der Waals surface area contributed by atoms with Crippen LogP contribution in [0.1, 0.15) is 24.6 Å². The third kappa shape index (κ3) is 5.65. The molecule has 134 valence electrons. The van der Waals surface area contributed by atoms with Crippen molar-refractivity contribution < 1.29 is 14.7 Å². The van der Waals surface area contributed by atoms with Gasteiger partial charge in [0.05, 0.1) is 22.2 Å². The van der Waals surface area contributed by atoms with Crippen LogP contribution in [0.25, 0.3) is 10.4 Å². The van der Waals surface area contributed by atoms with Gasteiger partial charge in [-0.15, -0.1) is 11.3 Å². The van der Waals surface area contributed by atoms with Gasteiger partial charge in [0.25, 0.3) is 0 Å². The van der Waals surface area contributed by atoms with E-state index >= 15 is 0 Å². The number of carbonyl (C=O) groups excluding carboxylic acids is 2. The van der Waals surface area contributed by atoms with Crippen molar-refractivity contribution in [3.63, 3.8) is 0 Å². The van der Waals surface area contributed by atoms with Gasteiger partial charge >= 0.3 is 0 Å². The third-order valence-corrected chi connectivity index (χ3v) is 4.94. The van der Waals surface area contributed by atoms with Crippen LogP contribution in [0.3, 0.4) is 0 Å². The number of nitrogens with zero attached hydrogens (tertiary/aromatic N) is 2. The summed E-state index contributed by atoms with van der Waals surface area (Å²) in [6.07, 6.45) is 1.16. The molecule has 6 nitrogen and oxygen atoms in total. The molecule has 25 heavy (non-hydrogen) atoms. The molecule has 0 radical (unpaired) electrons. The van der Waals surface area contributed by atoms with E-state index < -0.39 is 0 Å². The highest BCUT2D eigenvalue weighted by molar-refractivity contribution is 7.13. The number of hydrogen-bond donors (Lipinski definition) is 2. The zero-order valence-corrected chi connectivity index (χ0v) is 15.3. The zero-order chi connectivity index (χ0) is 18.2. The van der Waals surface area contributed by atoms with Crippen molar-refractivity contribution in [3.8, 4) is 10.4 Å². The number of thiazole rings is 1. The van der Waals surface area contributed by atoms with Crippen molar-refractivity contribution in [3.05, 3.63) is 41.0 Å². The maximum atomic E-state index is 10.6. The highest BCUT2D eigenvalue weighted by atomic mass is 32.1. The summed E-state index contributed by atoms with van der Waals surface area (Å²) in [7, 11) is 0. The lowest BCUT2D eigenvalue weighted by molar-refractivity contribution is -0.128. The van der Waals surface area contributed by atoms with Crippen LogP contribution in [-0.4, -0.2) is 46.5 Å². The van der Waals surface area contributed by atoms with Crippen LogP contribution in [0.2, 0.25) is 0 Å². The second kappa shape index (κ2) is 9.29. The molecule has 2 N–H and O–H groups in total. The number of nitrogens with one attached hydrogen (secondary N) is 1. The summed E-state index contributed by atoms with van der Waals surface area (Å²) in [6, 6.07) is 8.15. The fraction of sp³-hybridized carbons (Fsp3) is 0.389. The van der Waals surface area contributed by atoms with E-state index in [-0.39, 0.29) is 12.0 Å². The predicted octanol–water partition coefficient (Wildman–Crippen LogP) is 1.96. The number of likely N-dealkylation sites (tertiary alicyclic amines) is 1. The lowest BCUT2D eigenvalue weighted by atomic mass is 10.1. The highest BCUT2D eigenvalue weighted by Crippen LogP contribution is 2.27. The minimum Gasteiger partial charge on any atom is -0.391 e. The van der Waals surface area contributed by atoms with Gasteiger partial charge < -0.3 is 15.3 Å². The monoisotopic (exact) mass is 361 g/mol. The quantitative estimate of drug-likeness (QED) is 0.816. The van der Waals surface area contributed by atoms with Gasteiger partial charge in [-0.25, -0.2) is 4.98 Å². The van der Waals surface area contributed by atoms with Crippen molar-refractivity contribution >= 4 is 23.7 Å². The van der Waals surface area contributed by atoms with Gasteiger partial charge in [0, 0.05) is 26.6 Å². The van der Waals surface area contributed by atoms with Crippen LogP contribution in [0, 0.1) is 6.92 Å². The van der Waals surface area contributed by atoms with E-state index in [0.717, 1.165) is 24.2 Å². The minimum atomic E-state index is -0.283. The standard InChI is InChI=1S/C12H12N2OS.C6H11NO2/c1-9-12(16-8-14-9)11-4-2-10(3-5-11)6-13-7-15;1-5(8)7-3-2-6(9)4-7/h2-5,7-8H,6H2,1H3,(H,13,15);6,9H,2-4H2,1H3. The van der Waals surface area contributed by atoms with Crippen molar-refractivity contribution in [1.29, 1.82) is 0 Å². The number of aliphatic hydroxyl groups is 1. The summed E-state index contributed by atoms with van der Waals surface area (Å²) in [5.41, 5.74) is 5.18. The first-order valence-electron chi connectivity index (χ1n) is 8.11. The number of aryl methyl sites for hydroxylation is 1. The van der Waals surface area contributed by atoms with E-state index in [1.54, 1.807) is 16.2 Å². The van der Waals surface area contributed by atoms with Gasteiger partial charge in [-0.3, -0.25) is 9.59 Å². The lowest BCUT2D eigenvalue weighted by Crippen LogP contribution is -2.26. The molecule has 0 bridgehead atoms. The van der Waals surface area contributed by atoms with Crippen LogP contribution in [0.4, 0.5) is 0 Å². The molecule has 3 rings (SSSR count). The Hall–Kier alpha value is -2.25. The first-order valence-corrected chi connectivity index (χ1v) is 8.99. The molecular formula is C18H23N3O3S. The van der Waals surface area contributed by atoms with Crippen LogP contribution in [-0.2, 0) is 16.1 Å². The number of aliphatic hydroxyl groups excluding tert-OH is 1. The van der Waals surface area contributed by atoms with Crippen LogP contribution >= 0.6 is 11.3 Å². The number of carbonyl (C=O) groups is 2. The van der Waals surface area contributed by atoms with Gasteiger partial charge in [0.2, 0.25) is 12.3 Å². The Balaban J connectivity index is 0.000000212. The fourth-order valence-corrected chi connectivity index (χ4v) is 3.35. The predicted molar refractivity (Wildman–Crippen MR) is 98.1 cm³/mol. The molecule has 1 aliphatic rings. The highest BCUT2D eigenvalue weighted by Gasteiger charge is 2.21. The van der Waals surface area contributed by atoms with Crippen LogP contribution in [0.15, 0.2) is 29.8 Å². The van der Waals surface area contributed by atoms with E-state index in [1.165, 1.54) is 17.4 Å². The molecule has 1 aromatic heterocycles. The summed E-state index contributed by atoms with van der Waals surface area (Å²) < 4.78 is 0. The molecule has 2 aromatic rings. The molecular weight excluding hydrogens is 338 g/mol. The lowest BCUT2D eigenvalue weighted by Gasteiger charge is -2.10. The van der Waals surface area contributed by atoms with Crippen LogP contribution < -0.4 is 5.32 Å². The van der Waals surface area contributed by atoms with E-state index in [9.17, 15) is 9.59 Å². The van der Waals surface area contributed by atoms with Gasteiger partial charge in [-0.2, -0.15) is 0 Å². The van der Waals surface area contributed by atoms with Gasteiger partial charge in [-0.1, -0.05) is 24.3 Å². The van der Waals surface area contributed by atoms with E-state index in [0.29, 0.717) is 19.5 Å². The number of β-amino-alcohol motifs (C(OH)–C–C–N with tert-alkyl or cyclic N) is 1. The Kier molecular flexibility index (Phi) is 7.09. The zero-order valence-electron chi connectivity index (χ0n) is 14.4. The third-order valence-electron chi connectivity index (χ3n) is 3.96. The maximum absolute atomic E-state index is 10.6. The number of rotatable bonds is 4. The van der Waals surface area contributed by atoms with E-state index in [2.05, 4.69) is 22.4 Å². The Morgan fingerprint density at radius 2 is 2.16 bits per heavy atom. The minimum absolute atomic E-state index is 0.0616. The van der Waals surface area contributed by atoms with Crippen molar-refractivity contribution in [1.82, 2.24) is 15.2 Å².